The van der Waals surface area contributed by atoms with Crippen LogP contribution in [0.1, 0.15) is 130 Å². The lowest BCUT2D eigenvalue weighted by molar-refractivity contribution is -0.0450. The van der Waals surface area contributed by atoms with Crippen LogP contribution in [0.2, 0.25) is 0 Å². The maximum atomic E-state index is 11.5. The number of carbonyl (C=O) groups is 1. The van der Waals surface area contributed by atoms with Crippen LogP contribution in [0.5, 0.6) is 0 Å². The molecule has 5 heteroatoms. The number of aliphatic hydroxyl groups is 1. The van der Waals surface area contributed by atoms with Crippen molar-refractivity contribution < 1.29 is 19.7 Å². The fraction of sp³-hybridized carbons (Fsp3) is 0.889. The first-order chi connectivity index (χ1) is 15.4. The van der Waals surface area contributed by atoms with Crippen LogP contribution in [0, 0.1) is 0 Å². The van der Waals surface area contributed by atoms with E-state index in [1.54, 1.807) is 19.9 Å². The van der Waals surface area contributed by atoms with Crippen LogP contribution < -0.4 is 0 Å². The third-order valence-electron chi connectivity index (χ3n) is 6.68. The van der Waals surface area contributed by atoms with Crippen molar-refractivity contribution in [2.24, 2.45) is 0 Å². The summed E-state index contributed by atoms with van der Waals surface area (Å²) in [6.45, 7) is 5.93. The summed E-state index contributed by atoms with van der Waals surface area (Å²) in [6.07, 6.45) is 24.6. The van der Waals surface area contributed by atoms with E-state index in [0.29, 0.717) is 0 Å². The highest BCUT2D eigenvalue weighted by molar-refractivity contribution is 5.67. The molecule has 5 nitrogen and oxygen atoms in total. The number of ether oxygens (including phenoxy) is 1. The van der Waals surface area contributed by atoms with Crippen molar-refractivity contribution in [1.82, 2.24) is 4.90 Å². The Hall–Kier alpha value is -1.07. The summed E-state index contributed by atoms with van der Waals surface area (Å²) in [6, 6.07) is -0.537. The van der Waals surface area contributed by atoms with Crippen LogP contribution in [0.25, 0.3) is 0 Å². The molecule has 0 aromatic rings. The van der Waals surface area contributed by atoms with Crippen molar-refractivity contribution in [2.75, 3.05) is 6.61 Å². The van der Waals surface area contributed by atoms with Gasteiger partial charge in [-0.2, -0.15) is 0 Å². The number of unbranched alkanes of at least 4 members (excludes halogenated alkanes) is 16. The van der Waals surface area contributed by atoms with E-state index in [9.17, 15) is 15.0 Å². The first-order valence-electron chi connectivity index (χ1n) is 13.4. The van der Waals surface area contributed by atoms with Crippen LogP contribution in [0.15, 0.2) is 12.2 Å². The summed E-state index contributed by atoms with van der Waals surface area (Å²) in [5.74, 6) is 0. The van der Waals surface area contributed by atoms with Crippen LogP contribution in [0.4, 0.5) is 4.79 Å². The van der Waals surface area contributed by atoms with E-state index in [2.05, 4.69) is 6.92 Å². The third-order valence-corrected chi connectivity index (χ3v) is 6.68. The van der Waals surface area contributed by atoms with Crippen LogP contribution in [0.3, 0.4) is 0 Å². The summed E-state index contributed by atoms with van der Waals surface area (Å²) in [5.41, 5.74) is -0.890. The SMILES string of the molecule is CCCCCCCCCCCCCCCCCC/C=C/[C@@H](O)[C@@H]1COC(C)(C)N1C(=O)O. The highest BCUT2D eigenvalue weighted by atomic mass is 16.5. The van der Waals surface area contributed by atoms with Gasteiger partial charge >= 0.3 is 6.09 Å². The minimum Gasteiger partial charge on any atom is -0.465 e. The number of hydrogen-bond donors (Lipinski definition) is 2. The molecule has 1 rings (SSSR count). The number of aliphatic hydroxyl groups excluding tert-OH is 1. The number of nitrogens with zero attached hydrogens (tertiary/aromatic N) is 1. The van der Waals surface area contributed by atoms with Gasteiger partial charge in [-0.3, -0.25) is 4.90 Å². The zero-order chi connectivity index (χ0) is 23.7. The molecule has 0 bridgehead atoms. The van der Waals surface area contributed by atoms with Crippen molar-refractivity contribution >= 4 is 6.09 Å². The molecule has 188 valence electrons. The van der Waals surface area contributed by atoms with Gasteiger partial charge in [-0.1, -0.05) is 115 Å². The normalized spacial score (nSPS) is 19.1. The van der Waals surface area contributed by atoms with Crippen molar-refractivity contribution in [3.63, 3.8) is 0 Å². The molecule has 0 aromatic carbocycles. The highest BCUT2D eigenvalue weighted by Gasteiger charge is 2.46. The summed E-state index contributed by atoms with van der Waals surface area (Å²) >= 11 is 0. The monoisotopic (exact) mass is 453 g/mol. The average Bonchev–Trinajstić information content (AvgIpc) is 3.08. The first-order valence-corrected chi connectivity index (χ1v) is 13.4. The zero-order valence-corrected chi connectivity index (χ0v) is 21.2. The van der Waals surface area contributed by atoms with Gasteiger partial charge in [0.15, 0.2) is 0 Å². The van der Waals surface area contributed by atoms with E-state index >= 15 is 0 Å². The molecule has 1 heterocycles. The Bertz CT molecular complexity index is 506. The predicted octanol–water partition coefficient (Wildman–Crippen LogP) is 7.67. The third kappa shape index (κ3) is 12.2. The van der Waals surface area contributed by atoms with E-state index in [0.717, 1.165) is 12.8 Å². The van der Waals surface area contributed by atoms with Gasteiger partial charge in [-0.15, -0.1) is 0 Å². The molecule has 0 radical (unpaired) electrons. The lowest BCUT2D eigenvalue weighted by atomic mass is 10.0. The van der Waals surface area contributed by atoms with Crippen LogP contribution in [-0.2, 0) is 4.74 Å². The van der Waals surface area contributed by atoms with Crippen molar-refractivity contribution in [2.45, 2.75) is 148 Å². The highest BCUT2D eigenvalue weighted by Crippen LogP contribution is 2.29. The number of allylic oxidation sites excluding steroid dienone is 1. The zero-order valence-electron chi connectivity index (χ0n) is 21.2. The Morgan fingerprint density at radius 2 is 1.34 bits per heavy atom. The minimum atomic E-state index is -1.05. The largest absolute Gasteiger partial charge is 0.465 e. The van der Waals surface area contributed by atoms with Crippen LogP contribution >= 0.6 is 0 Å². The van der Waals surface area contributed by atoms with Crippen LogP contribution in [-0.4, -0.2) is 45.7 Å². The van der Waals surface area contributed by atoms with Crippen molar-refractivity contribution in [3.8, 4) is 0 Å². The molecule has 1 fully saturated rings. The summed E-state index contributed by atoms with van der Waals surface area (Å²) in [7, 11) is 0. The molecule has 0 saturated carbocycles. The summed E-state index contributed by atoms with van der Waals surface area (Å²) in [5, 5.41) is 19.8. The molecule has 0 spiro atoms. The number of carboxylic acid groups (broad SMARTS) is 1. The predicted molar refractivity (Wildman–Crippen MR) is 133 cm³/mol. The van der Waals surface area contributed by atoms with E-state index < -0.39 is 24.0 Å². The van der Waals surface area contributed by atoms with Gasteiger partial charge in [0.1, 0.15) is 5.72 Å². The molecular weight excluding hydrogens is 402 g/mol. The van der Waals surface area contributed by atoms with Gasteiger partial charge in [0.05, 0.1) is 18.8 Å². The second-order valence-corrected chi connectivity index (χ2v) is 9.99. The number of rotatable bonds is 19. The topological polar surface area (TPSA) is 70.0 Å². The quantitative estimate of drug-likeness (QED) is 0.155. The molecule has 32 heavy (non-hydrogen) atoms. The van der Waals surface area contributed by atoms with Gasteiger partial charge < -0.3 is 14.9 Å². The standard InChI is InChI=1S/C27H51NO4/c1-4-5-6-7-8-9-10-11-12-13-14-15-16-17-18-19-20-21-22-25(29)24-23-32-27(2,3)28(24)26(30)31/h21-22,24-25,29H,4-20,23H2,1-3H3,(H,30,31)/b22-21+/t24-,25+/m0/s1. The summed E-state index contributed by atoms with van der Waals surface area (Å²) < 4.78 is 5.54. The molecule has 0 unspecified atom stereocenters. The molecule has 1 aliphatic rings. The van der Waals surface area contributed by atoms with E-state index in [4.69, 9.17) is 4.74 Å². The molecule has 0 aliphatic carbocycles. The number of hydrogen-bond acceptors (Lipinski definition) is 3. The Morgan fingerprint density at radius 3 is 1.78 bits per heavy atom. The fourth-order valence-electron chi connectivity index (χ4n) is 4.63. The van der Waals surface area contributed by atoms with Gasteiger partial charge in [0.25, 0.3) is 0 Å². The lowest BCUT2D eigenvalue weighted by Crippen LogP contribution is -2.50. The van der Waals surface area contributed by atoms with E-state index in [1.807, 2.05) is 6.08 Å². The van der Waals surface area contributed by atoms with Crippen molar-refractivity contribution in [3.05, 3.63) is 12.2 Å². The Kier molecular flexibility index (Phi) is 15.8. The molecule has 1 amide bonds. The van der Waals surface area contributed by atoms with Gasteiger partial charge in [-0.05, 0) is 26.7 Å². The van der Waals surface area contributed by atoms with Gasteiger partial charge in [0, 0.05) is 0 Å². The second kappa shape index (κ2) is 17.4. The minimum absolute atomic E-state index is 0.226. The first kappa shape index (κ1) is 29.0. The molecular formula is C27H51NO4. The van der Waals surface area contributed by atoms with Gasteiger partial charge in [0.2, 0.25) is 0 Å². The Morgan fingerprint density at radius 1 is 0.906 bits per heavy atom. The molecule has 2 atom stereocenters. The maximum Gasteiger partial charge on any atom is 0.410 e. The average molecular weight is 454 g/mol. The molecule has 0 aromatic heterocycles. The second-order valence-electron chi connectivity index (χ2n) is 9.99. The smallest absolute Gasteiger partial charge is 0.410 e. The maximum absolute atomic E-state index is 11.5. The Balaban J connectivity index is 1.92. The lowest BCUT2D eigenvalue weighted by Gasteiger charge is -2.32. The van der Waals surface area contributed by atoms with E-state index in [-0.39, 0.29) is 6.61 Å². The van der Waals surface area contributed by atoms with Crippen molar-refractivity contribution in [1.29, 1.82) is 0 Å². The molecule has 1 saturated heterocycles. The number of amides is 1. The molecule has 2 N–H and O–H groups in total. The van der Waals surface area contributed by atoms with E-state index in [1.165, 1.54) is 101 Å². The Labute approximate surface area is 197 Å². The molecule has 1 aliphatic heterocycles. The fourth-order valence-corrected chi connectivity index (χ4v) is 4.63. The van der Waals surface area contributed by atoms with Gasteiger partial charge in [-0.25, -0.2) is 4.79 Å². The summed E-state index contributed by atoms with van der Waals surface area (Å²) in [4.78, 5) is 12.7.